The van der Waals surface area contributed by atoms with E-state index in [1.165, 1.54) is 51.4 Å². The quantitative estimate of drug-likeness (QED) is 0.659. The summed E-state index contributed by atoms with van der Waals surface area (Å²) in [5, 5.41) is 0. The van der Waals surface area contributed by atoms with E-state index in [0.29, 0.717) is 24.7 Å². The Morgan fingerprint density at radius 1 is 0.706 bits per heavy atom. The molecule has 0 heterocycles. The van der Waals surface area contributed by atoms with Gasteiger partial charge in [0, 0.05) is 12.8 Å². The lowest BCUT2D eigenvalue weighted by molar-refractivity contribution is -0.127. The van der Waals surface area contributed by atoms with Crippen LogP contribution < -0.4 is 0 Å². The molecule has 0 atom stereocenters. The van der Waals surface area contributed by atoms with Gasteiger partial charge in [-0.3, -0.25) is 9.59 Å². The van der Waals surface area contributed by atoms with Crippen molar-refractivity contribution in [2.75, 3.05) is 0 Å². The van der Waals surface area contributed by atoms with Gasteiger partial charge in [0.1, 0.15) is 11.6 Å². The van der Waals surface area contributed by atoms with Crippen LogP contribution in [0.3, 0.4) is 0 Å². The van der Waals surface area contributed by atoms with Crippen LogP contribution in [0.4, 0.5) is 0 Å². The Bertz CT molecular complexity index is 243. The van der Waals surface area contributed by atoms with Crippen molar-refractivity contribution in [2.45, 2.75) is 70.6 Å². The maximum absolute atomic E-state index is 11.8. The molecule has 0 radical (unpaired) electrons. The van der Waals surface area contributed by atoms with Crippen molar-refractivity contribution in [3.63, 3.8) is 0 Å². The minimum Gasteiger partial charge on any atom is -0.299 e. The molecule has 2 aliphatic carbocycles. The highest BCUT2D eigenvalue weighted by molar-refractivity contribution is 5.99. The lowest BCUT2D eigenvalue weighted by atomic mass is 9.94. The third-order valence-electron chi connectivity index (χ3n) is 4.38. The van der Waals surface area contributed by atoms with Gasteiger partial charge in [-0.15, -0.1) is 0 Å². The second-order valence-corrected chi connectivity index (χ2v) is 5.96. The van der Waals surface area contributed by atoms with E-state index in [0.717, 1.165) is 0 Å². The first-order valence-electron chi connectivity index (χ1n) is 7.27. The summed E-state index contributed by atoms with van der Waals surface area (Å²) >= 11 is 0. The number of hydrogen-bond acceptors (Lipinski definition) is 2. The fourth-order valence-corrected chi connectivity index (χ4v) is 3.44. The molecule has 0 unspecified atom stereocenters. The summed E-state index contributed by atoms with van der Waals surface area (Å²) in [7, 11) is 0. The Kier molecular flexibility index (Phi) is 4.75. The zero-order valence-electron chi connectivity index (χ0n) is 10.7. The molecule has 2 nitrogen and oxygen atoms in total. The van der Waals surface area contributed by atoms with Crippen LogP contribution >= 0.6 is 0 Å². The van der Waals surface area contributed by atoms with Gasteiger partial charge in [0.25, 0.3) is 0 Å². The average molecular weight is 236 g/mol. The predicted octanol–water partition coefficient (Wildman–Crippen LogP) is 3.68. The highest BCUT2D eigenvalue weighted by Gasteiger charge is 2.22. The van der Waals surface area contributed by atoms with Crippen LogP contribution in [0, 0.1) is 11.8 Å². The van der Waals surface area contributed by atoms with Crippen LogP contribution in [-0.2, 0) is 9.59 Å². The van der Waals surface area contributed by atoms with E-state index in [9.17, 15) is 9.59 Å². The minimum atomic E-state index is 0.194. The number of carbonyl (C=O) groups is 2. The van der Waals surface area contributed by atoms with E-state index in [1.807, 2.05) is 0 Å². The third kappa shape index (κ3) is 4.25. The summed E-state index contributed by atoms with van der Waals surface area (Å²) < 4.78 is 0. The summed E-state index contributed by atoms with van der Waals surface area (Å²) in [5.41, 5.74) is 0. The summed E-state index contributed by atoms with van der Waals surface area (Å²) in [4.78, 5) is 23.5. The highest BCUT2D eigenvalue weighted by Crippen LogP contribution is 2.29. The van der Waals surface area contributed by atoms with Crippen molar-refractivity contribution in [2.24, 2.45) is 11.8 Å². The molecule has 2 saturated carbocycles. The molecule has 17 heavy (non-hydrogen) atoms. The standard InChI is InChI=1S/C15H24O2/c16-14(9-12-5-1-2-6-12)11-15(17)10-13-7-3-4-8-13/h12-13H,1-11H2. The highest BCUT2D eigenvalue weighted by atomic mass is 16.1. The number of Topliss-reactive ketones (excluding diaryl/α,β-unsaturated/α-hetero) is 2. The summed E-state index contributed by atoms with van der Waals surface area (Å²) in [6.07, 6.45) is 11.4. The fourth-order valence-electron chi connectivity index (χ4n) is 3.44. The van der Waals surface area contributed by atoms with Gasteiger partial charge in [0.2, 0.25) is 0 Å². The Morgan fingerprint density at radius 2 is 1.06 bits per heavy atom. The van der Waals surface area contributed by atoms with E-state index in [-0.39, 0.29) is 18.0 Å². The molecule has 2 heteroatoms. The van der Waals surface area contributed by atoms with Crippen molar-refractivity contribution in [1.82, 2.24) is 0 Å². The Morgan fingerprint density at radius 3 is 1.41 bits per heavy atom. The predicted molar refractivity (Wildman–Crippen MR) is 67.8 cm³/mol. The van der Waals surface area contributed by atoms with Gasteiger partial charge in [0.15, 0.2) is 0 Å². The summed E-state index contributed by atoms with van der Waals surface area (Å²) in [5.74, 6) is 1.56. The molecule has 0 N–H and O–H groups in total. The number of rotatable bonds is 6. The molecule has 2 aliphatic rings. The van der Waals surface area contributed by atoms with Gasteiger partial charge in [-0.25, -0.2) is 0 Å². The van der Waals surface area contributed by atoms with E-state index in [2.05, 4.69) is 0 Å². The van der Waals surface area contributed by atoms with Crippen LogP contribution in [0.25, 0.3) is 0 Å². The van der Waals surface area contributed by atoms with Crippen molar-refractivity contribution in [3.05, 3.63) is 0 Å². The SMILES string of the molecule is O=C(CC(=O)CC1CCCC1)CC1CCCC1. The van der Waals surface area contributed by atoms with Crippen molar-refractivity contribution < 1.29 is 9.59 Å². The number of hydrogen-bond donors (Lipinski definition) is 0. The van der Waals surface area contributed by atoms with Gasteiger partial charge in [0.05, 0.1) is 6.42 Å². The molecule has 0 amide bonds. The molecule has 0 bridgehead atoms. The van der Waals surface area contributed by atoms with E-state index in [1.54, 1.807) is 0 Å². The normalized spacial score (nSPS) is 22.1. The first kappa shape index (κ1) is 12.8. The topological polar surface area (TPSA) is 34.1 Å². The molecular formula is C15H24O2. The zero-order valence-corrected chi connectivity index (χ0v) is 10.7. The molecule has 0 aromatic rings. The molecular weight excluding hydrogens is 212 g/mol. The van der Waals surface area contributed by atoms with Crippen LogP contribution in [0.15, 0.2) is 0 Å². The largest absolute Gasteiger partial charge is 0.299 e. The smallest absolute Gasteiger partial charge is 0.140 e. The maximum Gasteiger partial charge on any atom is 0.140 e. The van der Waals surface area contributed by atoms with Gasteiger partial charge < -0.3 is 0 Å². The van der Waals surface area contributed by atoms with Crippen LogP contribution in [0.5, 0.6) is 0 Å². The van der Waals surface area contributed by atoms with Crippen LogP contribution in [0.1, 0.15) is 70.6 Å². The van der Waals surface area contributed by atoms with Crippen LogP contribution in [-0.4, -0.2) is 11.6 Å². The van der Waals surface area contributed by atoms with Crippen molar-refractivity contribution >= 4 is 11.6 Å². The molecule has 0 aromatic carbocycles. The molecule has 0 saturated heterocycles. The summed E-state index contributed by atoms with van der Waals surface area (Å²) in [6.45, 7) is 0. The van der Waals surface area contributed by atoms with Crippen molar-refractivity contribution in [3.8, 4) is 0 Å². The van der Waals surface area contributed by atoms with Crippen LogP contribution in [0.2, 0.25) is 0 Å². The Balaban J connectivity index is 1.64. The first-order chi connectivity index (χ1) is 8.24. The number of ketones is 2. The fraction of sp³-hybridized carbons (Fsp3) is 0.867. The zero-order chi connectivity index (χ0) is 12.1. The molecule has 0 aliphatic heterocycles. The molecule has 0 aromatic heterocycles. The average Bonchev–Trinajstić information content (AvgIpc) is 2.90. The minimum absolute atomic E-state index is 0.194. The maximum atomic E-state index is 11.8. The number of carbonyl (C=O) groups excluding carboxylic acids is 2. The first-order valence-corrected chi connectivity index (χ1v) is 7.27. The monoisotopic (exact) mass is 236 g/mol. The van der Waals surface area contributed by atoms with Gasteiger partial charge in [-0.05, 0) is 11.8 Å². The second-order valence-electron chi connectivity index (χ2n) is 5.96. The molecule has 0 spiro atoms. The Hall–Kier alpha value is -0.660. The van der Waals surface area contributed by atoms with Gasteiger partial charge >= 0.3 is 0 Å². The van der Waals surface area contributed by atoms with E-state index in [4.69, 9.17) is 0 Å². The van der Waals surface area contributed by atoms with Gasteiger partial charge in [-0.1, -0.05) is 51.4 Å². The lowest BCUT2D eigenvalue weighted by Crippen LogP contribution is -2.13. The molecule has 2 fully saturated rings. The second kappa shape index (κ2) is 6.32. The Labute approximate surface area is 104 Å². The van der Waals surface area contributed by atoms with E-state index < -0.39 is 0 Å². The lowest BCUT2D eigenvalue weighted by Gasteiger charge is -2.09. The van der Waals surface area contributed by atoms with Crippen molar-refractivity contribution in [1.29, 1.82) is 0 Å². The molecule has 2 rings (SSSR count). The van der Waals surface area contributed by atoms with Gasteiger partial charge in [-0.2, -0.15) is 0 Å². The molecule has 96 valence electrons. The van der Waals surface area contributed by atoms with E-state index >= 15 is 0 Å². The third-order valence-corrected chi connectivity index (χ3v) is 4.38. The summed E-state index contributed by atoms with van der Waals surface area (Å²) in [6, 6.07) is 0.